The lowest BCUT2D eigenvalue weighted by atomic mass is 10.0. The predicted molar refractivity (Wildman–Crippen MR) is 150 cm³/mol. The van der Waals surface area contributed by atoms with Crippen LogP contribution in [-0.2, 0) is 18.4 Å². The Morgan fingerprint density at radius 1 is 0.919 bits per heavy atom. The van der Waals surface area contributed by atoms with Crippen molar-refractivity contribution in [2.75, 3.05) is 40.9 Å². The quantitative estimate of drug-likeness (QED) is 0.0676. The monoisotopic (exact) mass is 548 g/mol. The van der Waals surface area contributed by atoms with Crippen LogP contribution >= 0.6 is 7.82 Å². The molecule has 0 aromatic rings. The Labute approximate surface area is 227 Å². The van der Waals surface area contributed by atoms with Crippen molar-refractivity contribution in [3.63, 3.8) is 0 Å². The van der Waals surface area contributed by atoms with Crippen molar-refractivity contribution in [2.24, 2.45) is 0 Å². The minimum absolute atomic E-state index is 0.00324. The molecule has 0 saturated heterocycles. The van der Waals surface area contributed by atoms with Gasteiger partial charge in [-0.25, -0.2) is 0 Å². The number of aliphatic hydroxyl groups excluding tert-OH is 1. The number of nitrogens with one attached hydrogen (secondary N) is 1. The van der Waals surface area contributed by atoms with Crippen LogP contribution in [0.2, 0.25) is 0 Å². The largest absolute Gasteiger partial charge is 0.756 e. The Morgan fingerprint density at radius 2 is 1.41 bits per heavy atom. The summed E-state index contributed by atoms with van der Waals surface area (Å²) >= 11 is 0. The normalized spacial score (nSPS) is 15.5. The average Bonchev–Trinajstić information content (AvgIpc) is 2.80. The molecule has 0 fully saturated rings. The van der Waals surface area contributed by atoms with Crippen molar-refractivity contribution in [1.29, 1.82) is 0 Å². The first-order valence-electron chi connectivity index (χ1n) is 14.5. The first-order valence-corrected chi connectivity index (χ1v) is 16.0. The lowest BCUT2D eigenvalue weighted by Crippen LogP contribution is -2.45. The van der Waals surface area contributed by atoms with E-state index in [0.717, 1.165) is 19.3 Å². The lowest BCUT2D eigenvalue weighted by molar-refractivity contribution is -0.870. The second kappa shape index (κ2) is 22.1. The number of hydrogen-bond acceptors (Lipinski definition) is 6. The molecular formula is C28H57N2O6P. The second-order valence-corrected chi connectivity index (χ2v) is 12.6. The van der Waals surface area contributed by atoms with E-state index >= 15 is 0 Å². The average molecular weight is 549 g/mol. The molecule has 3 atom stereocenters. The van der Waals surface area contributed by atoms with Crippen molar-refractivity contribution >= 4 is 13.7 Å². The molecule has 1 amide bonds. The van der Waals surface area contributed by atoms with Gasteiger partial charge in [0.1, 0.15) is 13.2 Å². The van der Waals surface area contributed by atoms with Crippen LogP contribution in [0.15, 0.2) is 12.2 Å². The molecule has 0 spiro atoms. The highest BCUT2D eigenvalue weighted by Crippen LogP contribution is 2.38. The SMILES string of the molecule is CCCCCCCCCCCCCCCC/C=C/C(O)C(COP(=O)([O-])OCC[N+](C)(C)C)NC(C)=O. The Bertz CT molecular complexity index is 639. The molecule has 9 heteroatoms. The fourth-order valence-electron chi connectivity index (χ4n) is 3.95. The molecular weight excluding hydrogens is 491 g/mol. The number of phosphoric acid groups is 1. The van der Waals surface area contributed by atoms with E-state index in [9.17, 15) is 19.4 Å². The number of phosphoric ester groups is 1. The summed E-state index contributed by atoms with van der Waals surface area (Å²) < 4.78 is 22.4. The molecule has 0 aromatic heterocycles. The van der Waals surface area contributed by atoms with Gasteiger partial charge in [0.2, 0.25) is 5.91 Å². The van der Waals surface area contributed by atoms with E-state index < -0.39 is 26.6 Å². The third-order valence-corrected chi connectivity index (χ3v) is 7.25. The molecule has 37 heavy (non-hydrogen) atoms. The number of hydrogen-bond donors (Lipinski definition) is 2. The third kappa shape index (κ3) is 25.3. The second-order valence-electron chi connectivity index (χ2n) is 11.2. The van der Waals surface area contributed by atoms with Gasteiger partial charge in [-0.15, -0.1) is 0 Å². The van der Waals surface area contributed by atoms with Crippen molar-refractivity contribution in [1.82, 2.24) is 5.32 Å². The molecule has 2 N–H and O–H groups in total. The van der Waals surface area contributed by atoms with Crippen LogP contribution in [0.4, 0.5) is 0 Å². The minimum Gasteiger partial charge on any atom is -0.756 e. The van der Waals surface area contributed by atoms with E-state index in [2.05, 4.69) is 12.2 Å². The van der Waals surface area contributed by atoms with E-state index in [-0.39, 0.29) is 12.5 Å². The summed E-state index contributed by atoms with van der Waals surface area (Å²) in [6, 6.07) is -0.880. The zero-order chi connectivity index (χ0) is 28.0. The van der Waals surface area contributed by atoms with Gasteiger partial charge in [-0.1, -0.05) is 103 Å². The summed E-state index contributed by atoms with van der Waals surface area (Å²) in [5.41, 5.74) is 0. The van der Waals surface area contributed by atoms with Gasteiger partial charge in [-0.3, -0.25) is 9.36 Å². The van der Waals surface area contributed by atoms with E-state index in [1.165, 1.54) is 84.0 Å². The lowest BCUT2D eigenvalue weighted by Gasteiger charge is -2.29. The highest BCUT2D eigenvalue weighted by Gasteiger charge is 2.22. The summed E-state index contributed by atoms with van der Waals surface area (Å²) in [5.74, 6) is -0.375. The number of allylic oxidation sites excluding steroid dienone is 1. The van der Waals surface area contributed by atoms with E-state index in [4.69, 9.17) is 9.05 Å². The number of carbonyl (C=O) groups excluding carboxylic acids is 1. The Balaban J connectivity index is 4.02. The molecule has 0 aromatic carbocycles. The van der Waals surface area contributed by atoms with Crippen molar-refractivity contribution < 1.29 is 32.9 Å². The molecule has 0 radical (unpaired) electrons. The molecule has 8 nitrogen and oxygen atoms in total. The van der Waals surface area contributed by atoms with Gasteiger partial charge in [0, 0.05) is 6.92 Å². The molecule has 0 aliphatic rings. The van der Waals surface area contributed by atoms with Crippen LogP contribution in [0.5, 0.6) is 0 Å². The molecule has 3 unspecified atom stereocenters. The summed E-state index contributed by atoms with van der Waals surface area (Å²) in [4.78, 5) is 23.5. The Kier molecular flexibility index (Phi) is 21.6. The zero-order valence-corrected chi connectivity index (χ0v) is 25.3. The van der Waals surface area contributed by atoms with Gasteiger partial charge in [-0.2, -0.15) is 0 Å². The maximum atomic E-state index is 12.0. The number of carbonyl (C=O) groups is 1. The third-order valence-electron chi connectivity index (χ3n) is 6.28. The summed E-state index contributed by atoms with van der Waals surface area (Å²) in [7, 11) is 1.25. The maximum Gasteiger partial charge on any atom is 0.268 e. The fourth-order valence-corrected chi connectivity index (χ4v) is 4.67. The first-order chi connectivity index (χ1) is 17.5. The van der Waals surface area contributed by atoms with Crippen molar-refractivity contribution in [3.05, 3.63) is 12.2 Å². The van der Waals surface area contributed by atoms with Crippen LogP contribution < -0.4 is 10.2 Å². The number of amides is 1. The van der Waals surface area contributed by atoms with Gasteiger partial charge in [0.05, 0.1) is 39.9 Å². The van der Waals surface area contributed by atoms with E-state index in [1.807, 2.05) is 27.2 Å². The number of quaternary nitrogens is 1. The zero-order valence-electron chi connectivity index (χ0n) is 24.4. The fraction of sp³-hybridized carbons (Fsp3) is 0.893. The molecule has 220 valence electrons. The molecule has 0 heterocycles. The standard InChI is InChI=1S/C28H57N2O6P/c1-6-7-8-9-10-11-12-13-14-15-16-17-18-19-20-21-22-28(32)27(29-26(2)31)25-36-37(33,34)35-24-23-30(3,4)5/h21-22,27-28,32H,6-20,23-25H2,1-5H3,(H-,29,31,33,34)/b22-21+. The van der Waals surface area contributed by atoms with Crippen LogP contribution in [-0.4, -0.2) is 68.5 Å². The maximum absolute atomic E-state index is 12.0. The van der Waals surface area contributed by atoms with Crippen LogP contribution in [0, 0.1) is 0 Å². The van der Waals surface area contributed by atoms with Crippen LogP contribution in [0.1, 0.15) is 110 Å². The van der Waals surface area contributed by atoms with Gasteiger partial charge < -0.3 is 28.8 Å². The first kappa shape index (κ1) is 36.2. The molecule has 0 saturated carbocycles. The molecule has 0 bridgehead atoms. The van der Waals surface area contributed by atoms with Gasteiger partial charge >= 0.3 is 0 Å². The van der Waals surface area contributed by atoms with Crippen molar-refractivity contribution in [3.8, 4) is 0 Å². The van der Waals surface area contributed by atoms with Crippen molar-refractivity contribution in [2.45, 2.75) is 122 Å². The Hall–Kier alpha value is -0.760. The topological polar surface area (TPSA) is 108 Å². The molecule has 0 aliphatic heterocycles. The van der Waals surface area contributed by atoms with E-state index in [0.29, 0.717) is 11.0 Å². The smallest absolute Gasteiger partial charge is 0.268 e. The Morgan fingerprint density at radius 3 is 1.86 bits per heavy atom. The number of likely N-dealkylation sites (N-methyl/N-ethyl adjacent to an activating group) is 1. The summed E-state index contributed by atoms with van der Waals surface area (Å²) in [6.45, 7) is 3.67. The predicted octanol–water partition coefficient (Wildman–Crippen LogP) is 5.49. The van der Waals surface area contributed by atoms with Crippen LogP contribution in [0.3, 0.4) is 0 Å². The molecule has 0 aliphatic carbocycles. The highest BCUT2D eigenvalue weighted by molar-refractivity contribution is 7.45. The number of aliphatic hydroxyl groups is 1. The van der Waals surface area contributed by atoms with Gasteiger partial charge in [-0.05, 0) is 12.8 Å². The molecule has 0 rings (SSSR count). The number of nitrogens with zero attached hydrogens (tertiary/aromatic N) is 1. The van der Waals surface area contributed by atoms with E-state index in [1.54, 1.807) is 6.08 Å². The summed E-state index contributed by atoms with van der Waals surface area (Å²) in [6.07, 6.45) is 21.6. The van der Waals surface area contributed by atoms with Gasteiger partial charge in [0.25, 0.3) is 7.82 Å². The summed E-state index contributed by atoms with van der Waals surface area (Å²) in [5, 5.41) is 13.0. The van der Waals surface area contributed by atoms with Crippen LogP contribution in [0.25, 0.3) is 0 Å². The highest BCUT2D eigenvalue weighted by atomic mass is 31.2. The number of rotatable bonds is 25. The number of unbranched alkanes of at least 4 members (excludes halogenated alkanes) is 14. The van der Waals surface area contributed by atoms with Gasteiger partial charge in [0.15, 0.2) is 0 Å². The minimum atomic E-state index is -4.53.